The van der Waals surface area contributed by atoms with Crippen LogP contribution in [-0.2, 0) is 16.0 Å². The van der Waals surface area contributed by atoms with Gasteiger partial charge in [0.15, 0.2) is 0 Å². The highest BCUT2D eigenvalue weighted by molar-refractivity contribution is 5.67. The zero-order valence-electron chi connectivity index (χ0n) is 14.9. The van der Waals surface area contributed by atoms with Gasteiger partial charge in [0.2, 0.25) is 0 Å². The molecule has 2 fully saturated rings. The molecule has 0 unspecified atom stereocenters. The highest BCUT2D eigenvalue weighted by Gasteiger charge is 2.51. The predicted octanol–water partition coefficient (Wildman–Crippen LogP) is 2.80. The lowest BCUT2D eigenvalue weighted by atomic mass is 9.91. The van der Waals surface area contributed by atoms with E-state index in [-0.39, 0.29) is 11.7 Å². The van der Waals surface area contributed by atoms with E-state index in [1.165, 1.54) is 5.56 Å². The molecule has 0 aromatic heterocycles. The zero-order valence-corrected chi connectivity index (χ0v) is 14.9. The molecular formula is C19H28N2O3. The lowest BCUT2D eigenvalue weighted by molar-refractivity contribution is -0.00940. The standard InChI is InChI=1S/C19H28N2O3/c1-18(2,3)24-17(22)20-13-19-14-21(12-16(19)9-10-23-19)11-15-7-5-4-6-8-15/h4-8,16H,9-14H2,1-3H3,(H,20,22)/t16-,19-/m0/s1. The van der Waals surface area contributed by atoms with Crippen molar-refractivity contribution in [2.24, 2.45) is 5.92 Å². The Morgan fingerprint density at radius 2 is 2.12 bits per heavy atom. The fraction of sp³-hybridized carbons (Fsp3) is 0.632. The molecule has 2 heterocycles. The Balaban J connectivity index is 1.58. The zero-order chi connectivity index (χ0) is 17.2. The molecule has 1 aromatic carbocycles. The molecule has 132 valence electrons. The number of benzene rings is 1. The van der Waals surface area contributed by atoms with Gasteiger partial charge in [-0.25, -0.2) is 4.79 Å². The summed E-state index contributed by atoms with van der Waals surface area (Å²) in [6.07, 6.45) is 0.689. The van der Waals surface area contributed by atoms with Gasteiger partial charge < -0.3 is 14.8 Å². The van der Waals surface area contributed by atoms with Gasteiger partial charge in [-0.2, -0.15) is 0 Å². The van der Waals surface area contributed by atoms with Crippen molar-refractivity contribution < 1.29 is 14.3 Å². The first-order valence-electron chi connectivity index (χ1n) is 8.73. The van der Waals surface area contributed by atoms with Gasteiger partial charge in [-0.15, -0.1) is 0 Å². The van der Waals surface area contributed by atoms with Crippen molar-refractivity contribution in [2.75, 3.05) is 26.2 Å². The Hall–Kier alpha value is -1.59. The quantitative estimate of drug-likeness (QED) is 0.921. The first kappa shape index (κ1) is 17.2. The second-order valence-corrected chi connectivity index (χ2v) is 7.91. The number of carbonyl (C=O) groups excluding carboxylic acids is 1. The summed E-state index contributed by atoms with van der Waals surface area (Å²) in [5.74, 6) is 0.469. The van der Waals surface area contributed by atoms with Gasteiger partial charge >= 0.3 is 6.09 Å². The largest absolute Gasteiger partial charge is 0.444 e. The average Bonchev–Trinajstić information content (AvgIpc) is 3.01. The highest BCUT2D eigenvalue weighted by atomic mass is 16.6. The molecule has 3 rings (SSSR count). The number of carbonyl (C=O) groups is 1. The molecule has 5 nitrogen and oxygen atoms in total. The summed E-state index contributed by atoms with van der Waals surface area (Å²) in [6, 6.07) is 10.5. The van der Waals surface area contributed by atoms with E-state index in [1.54, 1.807) is 0 Å². The molecule has 5 heteroatoms. The Kier molecular flexibility index (Phi) is 4.83. The number of fused-ring (bicyclic) bond motifs is 1. The minimum atomic E-state index is -0.479. The summed E-state index contributed by atoms with van der Waals surface area (Å²) in [4.78, 5) is 14.4. The van der Waals surface area contributed by atoms with Gasteiger partial charge in [0.1, 0.15) is 11.2 Å². The normalized spacial score (nSPS) is 27.0. The van der Waals surface area contributed by atoms with Crippen LogP contribution in [0.2, 0.25) is 0 Å². The second kappa shape index (κ2) is 6.73. The number of likely N-dealkylation sites (tertiary alicyclic amines) is 1. The van der Waals surface area contributed by atoms with Gasteiger partial charge in [0.25, 0.3) is 0 Å². The van der Waals surface area contributed by atoms with Gasteiger partial charge in [-0.05, 0) is 32.8 Å². The Morgan fingerprint density at radius 3 is 2.83 bits per heavy atom. The van der Waals surface area contributed by atoms with E-state index in [0.29, 0.717) is 12.5 Å². The van der Waals surface area contributed by atoms with Gasteiger partial charge in [-0.3, -0.25) is 4.90 Å². The van der Waals surface area contributed by atoms with Crippen LogP contribution in [-0.4, -0.2) is 48.4 Å². The summed E-state index contributed by atoms with van der Waals surface area (Å²) >= 11 is 0. The lowest BCUT2D eigenvalue weighted by Gasteiger charge is -2.29. The molecule has 0 bridgehead atoms. The monoisotopic (exact) mass is 332 g/mol. The molecule has 0 aliphatic carbocycles. The van der Waals surface area contributed by atoms with Crippen LogP contribution in [0.1, 0.15) is 32.8 Å². The van der Waals surface area contributed by atoms with Gasteiger partial charge in [-0.1, -0.05) is 30.3 Å². The van der Waals surface area contributed by atoms with Gasteiger partial charge in [0, 0.05) is 32.2 Å². The predicted molar refractivity (Wildman–Crippen MR) is 92.7 cm³/mol. The van der Waals surface area contributed by atoms with Crippen LogP contribution in [0, 0.1) is 5.92 Å². The van der Waals surface area contributed by atoms with E-state index >= 15 is 0 Å². The highest BCUT2D eigenvalue weighted by Crippen LogP contribution is 2.39. The summed E-state index contributed by atoms with van der Waals surface area (Å²) in [7, 11) is 0. The number of amides is 1. The first-order valence-corrected chi connectivity index (χ1v) is 8.73. The van der Waals surface area contributed by atoms with E-state index < -0.39 is 5.60 Å². The maximum absolute atomic E-state index is 12.0. The molecule has 2 saturated heterocycles. The number of hydrogen-bond acceptors (Lipinski definition) is 4. The molecule has 0 spiro atoms. The molecule has 0 saturated carbocycles. The number of alkyl carbamates (subject to hydrolysis) is 1. The SMILES string of the molecule is CC(C)(C)OC(=O)NC[C@]12CN(Cc3ccccc3)C[C@@H]1CCO2. The third-order valence-corrected chi connectivity index (χ3v) is 4.75. The number of hydrogen-bond donors (Lipinski definition) is 1. The number of nitrogens with one attached hydrogen (secondary N) is 1. The Labute approximate surface area is 144 Å². The molecule has 1 N–H and O–H groups in total. The van der Waals surface area contributed by atoms with E-state index in [9.17, 15) is 4.79 Å². The van der Waals surface area contributed by atoms with E-state index in [4.69, 9.17) is 9.47 Å². The van der Waals surface area contributed by atoms with E-state index in [1.807, 2.05) is 26.8 Å². The van der Waals surface area contributed by atoms with E-state index in [2.05, 4.69) is 34.5 Å². The molecule has 2 aliphatic heterocycles. The van der Waals surface area contributed by atoms with Crippen molar-refractivity contribution in [2.45, 2.75) is 44.9 Å². The first-order chi connectivity index (χ1) is 11.4. The fourth-order valence-electron chi connectivity index (χ4n) is 3.72. The van der Waals surface area contributed by atoms with Crippen molar-refractivity contribution in [3.05, 3.63) is 35.9 Å². The smallest absolute Gasteiger partial charge is 0.407 e. The Bertz CT molecular complexity index is 570. The minimum Gasteiger partial charge on any atom is -0.444 e. The van der Waals surface area contributed by atoms with Crippen molar-refractivity contribution in [3.63, 3.8) is 0 Å². The maximum atomic E-state index is 12.0. The van der Waals surface area contributed by atoms with Crippen molar-refractivity contribution >= 4 is 6.09 Å². The molecule has 24 heavy (non-hydrogen) atoms. The second-order valence-electron chi connectivity index (χ2n) is 7.91. The molecular weight excluding hydrogens is 304 g/mol. The summed E-state index contributed by atoms with van der Waals surface area (Å²) in [5, 5.41) is 2.91. The molecule has 0 radical (unpaired) electrons. The third-order valence-electron chi connectivity index (χ3n) is 4.75. The summed E-state index contributed by atoms with van der Waals surface area (Å²) < 4.78 is 11.4. The maximum Gasteiger partial charge on any atom is 0.407 e. The summed E-state index contributed by atoms with van der Waals surface area (Å²) in [6.45, 7) is 9.70. The van der Waals surface area contributed by atoms with Crippen molar-refractivity contribution in [3.8, 4) is 0 Å². The molecule has 1 aromatic rings. The van der Waals surface area contributed by atoms with Crippen LogP contribution in [0.5, 0.6) is 0 Å². The fourth-order valence-corrected chi connectivity index (χ4v) is 3.72. The van der Waals surface area contributed by atoms with Crippen molar-refractivity contribution in [1.82, 2.24) is 10.2 Å². The van der Waals surface area contributed by atoms with E-state index in [0.717, 1.165) is 32.7 Å². The topological polar surface area (TPSA) is 50.8 Å². The van der Waals surface area contributed by atoms with Crippen molar-refractivity contribution in [1.29, 1.82) is 0 Å². The molecule has 2 aliphatic rings. The molecule has 2 atom stereocenters. The van der Waals surface area contributed by atoms with Crippen LogP contribution in [0.3, 0.4) is 0 Å². The Morgan fingerprint density at radius 1 is 1.38 bits per heavy atom. The minimum absolute atomic E-state index is 0.272. The van der Waals surface area contributed by atoms with Crippen LogP contribution >= 0.6 is 0 Å². The van der Waals surface area contributed by atoms with Crippen LogP contribution in [0.4, 0.5) is 4.79 Å². The van der Waals surface area contributed by atoms with Gasteiger partial charge in [0.05, 0.1) is 6.54 Å². The van der Waals surface area contributed by atoms with Crippen LogP contribution in [0.25, 0.3) is 0 Å². The molecule has 1 amide bonds. The third kappa shape index (κ3) is 4.08. The summed E-state index contributed by atoms with van der Waals surface area (Å²) in [5.41, 5.74) is 0.561. The number of rotatable bonds is 4. The average molecular weight is 332 g/mol. The van der Waals surface area contributed by atoms with Crippen LogP contribution in [0.15, 0.2) is 30.3 Å². The lowest BCUT2D eigenvalue weighted by Crippen LogP contribution is -2.48. The number of ether oxygens (including phenoxy) is 2. The van der Waals surface area contributed by atoms with Crippen LogP contribution < -0.4 is 5.32 Å². The number of nitrogens with zero attached hydrogens (tertiary/aromatic N) is 1.